The number of nitro groups is 1. The van der Waals surface area contributed by atoms with Crippen LogP contribution in [0.3, 0.4) is 0 Å². The number of piperazine rings is 1. The molecule has 1 aliphatic carbocycles. The quantitative estimate of drug-likeness (QED) is 0.292. The van der Waals surface area contributed by atoms with E-state index < -0.39 is 10.9 Å². The molecule has 0 unspecified atom stereocenters. The number of fused-ring (bicyclic) bond motifs is 1. The molecule has 11 heteroatoms. The monoisotopic (exact) mass is 530 g/mol. The number of aryl methyl sites for hydroxylation is 2. The number of amides is 1. The maximum Gasteiger partial charge on any atom is 0.453 e. The molecular weight excluding hydrogens is 496 g/mol. The van der Waals surface area contributed by atoms with E-state index in [9.17, 15) is 14.9 Å². The number of rotatable bonds is 6. The highest BCUT2D eigenvalue weighted by Gasteiger charge is 2.26. The van der Waals surface area contributed by atoms with Crippen LogP contribution in [0.25, 0.3) is 10.9 Å². The average Bonchev–Trinajstić information content (AvgIpc) is 3.53. The van der Waals surface area contributed by atoms with Gasteiger partial charge in [-0.05, 0) is 60.7 Å². The summed E-state index contributed by atoms with van der Waals surface area (Å²) in [6.07, 6.45) is 4.53. The lowest BCUT2D eigenvalue weighted by Crippen LogP contribution is -2.49. The Labute approximate surface area is 227 Å². The van der Waals surface area contributed by atoms with Crippen molar-refractivity contribution >= 4 is 28.4 Å². The highest BCUT2D eigenvalue weighted by atomic mass is 16.6. The number of H-pyrrole nitrogens is 1. The first kappa shape index (κ1) is 26.3. The van der Waals surface area contributed by atoms with E-state index in [4.69, 9.17) is 5.10 Å². The molecule has 2 aliphatic rings. The van der Waals surface area contributed by atoms with Gasteiger partial charge in [0.25, 0.3) is 5.82 Å². The highest BCUT2D eigenvalue weighted by Crippen LogP contribution is 2.36. The summed E-state index contributed by atoms with van der Waals surface area (Å²) in [5.74, 6) is -0.421. The van der Waals surface area contributed by atoms with Gasteiger partial charge in [-0.15, -0.1) is 5.10 Å². The van der Waals surface area contributed by atoms with Crippen molar-refractivity contribution in [2.24, 2.45) is 0 Å². The Hall–Kier alpha value is -4.28. The van der Waals surface area contributed by atoms with Gasteiger partial charge in [-0.1, -0.05) is 47.9 Å². The number of nitrogens with zero attached hydrogens (tertiary/aromatic N) is 7. The SMILES string of the molecule is CCc1nn(C2CCC2)c2cc(N3CCN(C(=O)Cc4n[nH]c([N+](=O)[O-])n4)CC3)ccc12.Cc1ccccc1. The largest absolute Gasteiger partial charge is 0.453 e. The maximum atomic E-state index is 12.6. The van der Waals surface area contributed by atoms with Crippen LogP contribution in [-0.4, -0.2) is 66.9 Å². The second-order valence-electron chi connectivity index (χ2n) is 10.1. The van der Waals surface area contributed by atoms with Gasteiger partial charge < -0.3 is 19.9 Å². The van der Waals surface area contributed by atoms with E-state index in [2.05, 4.69) is 68.9 Å². The normalized spacial score (nSPS) is 15.5. The van der Waals surface area contributed by atoms with E-state index in [1.807, 2.05) is 18.2 Å². The van der Waals surface area contributed by atoms with Crippen molar-refractivity contribution in [3.8, 4) is 0 Å². The zero-order valence-corrected chi connectivity index (χ0v) is 22.4. The molecule has 3 heterocycles. The third kappa shape index (κ3) is 5.92. The van der Waals surface area contributed by atoms with Crippen molar-refractivity contribution < 1.29 is 9.72 Å². The van der Waals surface area contributed by atoms with Gasteiger partial charge in [-0.25, -0.2) is 0 Å². The first-order valence-electron chi connectivity index (χ1n) is 13.5. The molecular formula is C28H34N8O3. The Morgan fingerprint density at radius 2 is 1.85 bits per heavy atom. The molecule has 0 atom stereocenters. The number of benzene rings is 2. The number of hydrogen-bond donors (Lipinski definition) is 1. The van der Waals surface area contributed by atoms with Crippen LogP contribution in [-0.2, 0) is 17.6 Å². The Morgan fingerprint density at radius 1 is 1.10 bits per heavy atom. The van der Waals surface area contributed by atoms with Crippen LogP contribution in [0.5, 0.6) is 0 Å². The number of carbonyl (C=O) groups excluding carboxylic acids is 1. The number of aromatic amines is 1. The van der Waals surface area contributed by atoms with Crippen LogP contribution in [0.15, 0.2) is 48.5 Å². The smallest absolute Gasteiger partial charge is 0.390 e. The number of carbonyl (C=O) groups is 1. The minimum atomic E-state index is -0.656. The van der Waals surface area contributed by atoms with Gasteiger partial charge in [-0.3, -0.25) is 9.48 Å². The first-order chi connectivity index (χ1) is 18.9. The molecule has 1 saturated heterocycles. The molecule has 2 aromatic heterocycles. The fraction of sp³-hybridized carbons (Fsp3) is 0.429. The predicted octanol–water partition coefficient (Wildman–Crippen LogP) is 4.24. The molecule has 2 aromatic carbocycles. The fourth-order valence-corrected chi connectivity index (χ4v) is 5.00. The lowest BCUT2D eigenvalue weighted by molar-refractivity contribution is -0.394. The molecule has 1 aliphatic heterocycles. The summed E-state index contributed by atoms with van der Waals surface area (Å²) in [6, 6.07) is 17.3. The second-order valence-corrected chi connectivity index (χ2v) is 10.1. The van der Waals surface area contributed by atoms with Crippen molar-refractivity contribution in [3.63, 3.8) is 0 Å². The summed E-state index contributed by atoms with van der Waals surface area (Å²) in [7, 11) is 0. The standard InChI is InChI=1S/C21H26N8O3.C7H8/c1-2-17-16-7-6-15(12-18(16)28(25-17)14-4-3-5-14)26-8-10-27(11-9-26)20(30)13-19-22-21(24-23-19)29(31)32;1-7-5-3-2-4-6-7/h6-7,12,14H,2-5,8-11,13H2,1H3,(H,22,23,24);2-6H,1H3. The van der Waals surface area contributed by atoms with Crippen LogP contribution in [0.2, 0.25) is 0 Å². The number of nitrogens with one attached hydrogen (secondary N) is 1. The van der Waals surface area contributed by atoms with Gasteiger partial charge in [-0.2, -0.15) is 5.10 Å². The van der Waals surface area contributed by atoms with E-state index in [1.165, 1.54) is 35.7 Å². The van der Waals surface area contributed by atoms with Crippen LogP contribution in [0, 0.1) is 17.0 Å². The van der Waals surface area contributed by atoms with Gasteiger partial charge in [0.2, 0.25) is 5.91 Å². The zero-order chi connectivity index (χ0) is 27.4. The summed E-state index contributed by atoms with van der Waals surface area (Å²) in [4.78, 5) is 30.5. The molecule has 204 valence electrons. The van der Waals surface area contributed by atoms with E-state index in [0.717, 1.165) is 30.9 Å². The van der Waals surface area contributed by atoms with Crippen molar-refractivity contribution in [3.05, 3.63) is 75.7 Å². The Morgan fingerprint density at radius 3 is 2.41 bits per heavy atom. The molecule has 0 radical (unpaired) electrons. The Bertz CT molecular complexity index is 1440. The highest BCUT2D eigenvalue weighted by molar-refractivity contribution is 5.86. The lowest BCUT2D eigenvalue weighted by atomic mass is 9.93. The minimum absolute atomic E-state index is 0.0450. The minimum Gasteiger partial charge on any atom is -0.390 e. The van der Waals surface area contributed by atoms with Crippen LogP contribution in [0.1, 0.15) is 49.3 Å². The number of hydrogen-bond acceptors (Lipinski definition) is 7. The number of aromatic nitrogens is 5. The summed E-state index contributed by atoms with van der Waals surface area (Å²) < 4.78 is 2.22. The van der Waals surface area contributed by atoms with E-state index in [1.54, 1.807) is 4.90 Å². The fourth-order valence-electron chi connectivity index (χ4n) is 5.00. The van der Waals surface area contributed by atoms with Crippen LogP contribution < -0.4 is 4.90 Å². The van der Waals surface area contributed by atoms with Gasteiger partial charge in [0.15, 0.2) is 0 Å². The molecule has 6 rings (SSSR count). The molecule has 1 saturated carbocycles. The number of anilines is 1. The van der Waals surface area contributed by atoms with Crippen molar-refractivity contribution in [1.29, 1.82) is 0 Å². The Balaban J connectivity index is 0.000000384. The topological polar surface area (TPSA) is 126 Å². The molecule has 4 aromatic rings. The second kappa shape index (κ2) is 11.6. The summed E-state index contributed by atoms with van der Waals surface area (Å²) >= 11 is 0. The van der Waals surface area contributed by atoms with E-state index in [0.29, 0.717) is 19.1 Å². The molecule has 11 nitrogen and oxygen atoms in total. The predicted molar refractivity (Wildman–Crippen MR) is 149 cm³/mol. The maximum absolute atomic E-state index is 12.6. The molecule has 1 amide bonds. The summed E-state index contributed by atoms with van der Waals surface area (Å²) in [5.41, 5.74) is 4.83. The molecule has 0 spiro atoms. The third-order valence-electron chi connectivity index (χ3n) is 7.46. The summed E-state index contributed by atoms with van der Waals surface area (Å²) in [6.45, 7) is 6.86. The van der Waals surface area contributed by atoms with Gasteiger partial charge in [0.1, 0.15) is 6.42 Å². The molecule has 39 heavy (non-hydrogen) atoms. The van der Waals surface area contributed by atoms with Crippen molar-refractivity contribution in [2.75, 3.05) is 31.1 Å². The lowest BCUT2D eigenvalue weighted by Gasteiger charge is -2.36. The Kier molecular flexibility index (Phi) is 7.85. The van der Waals surface area contributed by atoms with Crippen molar-refractivity contribution in [2.45, 2.75) is 52.0 Å². The zero-order valence-electron chi connectivity index (χ0n) is 22.4. The first-order valence-corrected chi connectivity index (χ1v) is 13.5. The average molecular weight is 531 g/mol. The summed E-state index contributed by atoms with van der Waals surface area (Å²) in [5, 5.41) is 22.8. The molecule has 1 N–H and O–H groups in total. The van der Waals surface area contributed by atoms with Crippen LogP contribution >= 0.6 is 0 Å². The van der Waals surface area contributed by atoms with Crippen LogP contribution in [0.4, 0.5) is 11.6 Å². The third-order valence-corrected chi connectivity index (χ3v) is 7.46. The van der Waals surface area contributed by atoms with Crippen molar-refractivity contribution in [1.82, 2.24) is 29.9 Å². The molecule has 0 bridgehead atoms. The molecule has 2 fully saturated rings. The van der Waals surface area contributed by atoms with Gasteiger partial charge >= 0.3 is 5.95 Å². The van der Waals surface area contributed by atoms with E-state index >= 15 is 0 Å². The van der Waals surface area contributed by atoms with E-state index in [-0.39, 0.29) is 18.2 Å². The van der Waals surface area contributed by atoms with Gasteiger partial charge in [0.05, 0.1) is 17.3 Å². The van der Waals surface area contributed by atoms with Gasteiger partial charge in [0, 0.05) is 37.3 Å².